The topological polar surface area (TPSA) is 48.8 Å². The van der Waals surface area contributed by atoms with E-state index in [0.717, 1.165) is 17.2 Å². The number of hydrogen-bond acceptors (Lipinski definition) is 4. The Morgan fingerprint density at radius 2 is 2.00 bits per heavy atom. The molecular weight excluding hydrogens is 248 g/mol. The van der Waals surface area contributed by atoms with Crippen LogP contribution in [0.4, 0.5) is 0 Å². The number of fused-ring (bicyclic) bond motifs is 1. The first-order valence-electron chi connectivity index (χ1n) is 7.02. The molecule has 2 N–H and O–H groups in total. The van der Waals surface area contributed by atoms with Crippen LogP contribution in [-0.4, -0.2) is 23.9 Å². The van der Waals surface area contributed by atoms with Gasteiger partial charge in [-0.05, 0) is 27.0 Å². The van der Waals surface area contributed by atoms with Crippen LogP contribution in [-0.2, 0) is 0 Å². The number of hydrogen-bond donors (Lipinski definition) is 2. The van der Waals surface area contributed by atoms with Gasteiger partial charge in [0.2, 0.25) is 0 Å². The summed E-state index contributed by atoms with van der Waals surface area (Å²) in [6, 6.07) is 10.5. The molecule has 0 bridgehead atoms. The fourth-order valence-corrected chi connectivity index (χ4v) is 2.55. The summed E-state index contributed by atoms with van der Waals surface area (Å²) >= 11 is 0. The van der Waals surface area contributed by atoms with Crippen molar-refractivity contribution in [3.8, 4) is 0 Å². The third kappa shape index (κ3) is 2.16. The molecular formula is C16H20N4. The molecule has 2 unspecified atom stereocenters. The molecule has 0 radical (unpaired) electrons. The summed E-state index contributed by atoms with van der Waals surface area (Å²) in [5.41, 5.74) is 0.856. The van der Waals surface area contributed by atoms with Gasteiger partial charge in [-0.3, -0.25) is 5.32 Å². The summed E-state index contributed by atoms with van der Waals surface area (Å²) in [5, 5.41) is 6.78. The van der Waals surface area contributed by atoms with Crippen LogP contribution >= 0.6 is 0 Å². The molecule has 4 nitrogen and oxygen atoms in total. The summed E-state index contributed by atoms with van der Waals surface area (Å²) in [6.07, 6.45) is 4.09. The molecule has 1 aromatic carbocycles. The Labute approximate surface area is 119 Å². The van der Waals surface area contributed by atoms with Gasteiger partial charge in [0.15, 0.2) is 5.84 Å². The van der Waals surface area contributed by atoms with Crippen molar-refractivity contribution in [2.45, 2.75) is 33.0 Å². The van der Waals surface area contributed by atoms with Gasteiger partial charge >= 0.3 is 0 Å². The van der Waals surface area contributed by atoms with Crippen molar-refractivity contribution < 1.29 is 0 Å². The maximum atomic E-state index is 4.83. The highest BCUT2D eigenvalue weighted by Crippen LogP contribution is 2.33. The smallest absolute Gasteiger partial charge is 0.158 e. The SMILES string of the molecule is CC(C)NC1N=C(c2ccccc2)N=C2NC=CC21C. The van der Waals surface area contributed by atoms with Crippen LogP contribution in [0.15, 0.2) is 52.6 Å². The van der Waals surface area contributed by atoms with Gasteiger partial charge in [-0.2, -0.15) is 0 Å². The fourth-order valence-electron chi connectivity index (χ4n) is 2.55. The Kier molecular flexibility index (Phi) is 3.18. The largest absolute Gasteiger partial charge is 0.350 e. The zero-order chi connectivity index (χ0) is 14.2. The van der Waals surface area contributed by atoms with Crippen LogP contribution in [0.1, 0.15) is 26.3 Å². The molecule has 104 valence electrons. The van der Waals surface area contributed by atoms with Crippen molar-refractivity contribution in [3.63, 3.8) is 0 Å². The molecule has 0 fully saturated rings. The van der Waals surface area contributed by atoms with E-state index < -0.39 is 0 Å². The summed E-state index contributed by atoms with van der Waals surface area (Å²) in [7, 11) is 0. The van der Waals surface area contributed by atoms with Gasteiger partial charge in [0.1, 0.15) is 12.0 Å². The number of aliphatic imine (C=N–C) groups is 2. The van der Waals surface area contributed by atoms with Crippen LogP contribution in [0.25, 0.3) is 0 Å². The van der Waals surface area contributed by atoms with Crippen LogP contribution < -0.4 is 10.6 Å². The molecule has 2 aliphatic rings. The number of rotatable bonds is 3. The zero-order valence-corrected chi connectivity index (χ0v) is 12.1. The lowest BCUT2D eigenvalue weighted by molar-refractivity contribution is 0.353. The van der Waals surface area contributed by atoms with E-state index in [4.69, 9.17) is 9.98 Å². The average Bonchev–Trinajstić information content (AvgIpc) is 2.81. The lowest BCUT2D eigenvalue weighted by atomic mass is 9.85. The molecule has 0 aliphatic carbocycles. The average molecular weight is 268 g/mol. The molecule has 3 rings (SSSR count). The maximum absolute atomic E-state index is 4.83. The quantitative estimate of drug-likeness (QED) is 0.883. The Morgan fingerprint density at radius 3 is 2.70 bits per heavy atom. The minimum absolute atomic E-state index is 0.00328. The van der Waals surface area contributed by atoms with Crippen molar-refractivity contribution >= 4 is 11.7 Å². The minimum atomic E-state index is -0.192. The monoisotopic (exact) mass is 268 g/mol. The lowest BCUT2D eigenvalue weighted by Crippen LogP contribution is -2.51. The van der Waals surface area contributed by atoms with Gasteiger partial charge in [0.05, 0.1) is 5.41 Å². The predicted molar refractivity (Wildman–Crippen MR) is 82.9 cm³/mol. The third-order valence-electron chi connectivity index (χ3n) is 3.72. The maximum Gasteiger partial charge on any atom is 0.158 e. The highest BCUT2D eigenvalue weighted by atomic mass is 15.2. The van der Waals surface area contributed by atoms with E-state index in [1.54, 1.807) is 0 Å². The van der Waals surface area contributed by atoms with E-state index in [9.17, 15) is 0 Å². The third-order valence-corrected chi connectivity index (χ3v) is 3.72. The molecule has 2 atom stereocenters. The Balaban J connectivity index is 2.01. The Morgan fingerprint density at radius 1 is 1.25 bits per heavy atom. The van der Waals surface area contributed by atoms with Crippen molar-refractivity contribution in [2.75, 3.05) is 0 Å². The summed E-state index contributed by atoms with van der Waals surface area (Å²) in [6.45, 7) is 6.44. The van der Waals surface area contributed by atoms with Gasteiger partial charge in [-0.15, -0.1) is 0 Å². The number of nitrogens with zero attached hydrogens (tertiary/aromatic N) is 2. The molecule has 20 heavy (non-hydrogen) atoms. The van der Waals surface area contributed by atoms with Gasteiger partial charge in [0.25, 0.3) is 0 Å². The first-order valence-corrected chi connectivity index (χ1v) is 7.02. The van der Waals surface area contributed by atoms with Crippen molar-refractivity contribution in [3.05, 3.63) is 48.2 Å². The fraction of sp³-hybridized carbons (Fsp3) is 0.375. The lowest BCUT2D eigenvalue weighted by Gasteiger charge is -2.35. The summed E-state index contributed by atoms with van der Waals surface area (Å²) in [5.74, 6) is 1.75. The van der Waals surface area contributed by atoms with E-state index in [1.165, 1.54) is 0 Å². The van der Waals surface area contributed by atoms with Gasteiger partial charge < -0.3 is 5.32 Å². The van der Waals surface area contributed by atoms with E-state index >= 15 is 0 Å². The highest BCUT2D eigenvalue weighted by Gasteiger charge is 2.43. The van der Waals surface area contributed by atoms with Crippen molar-refractivity contribution in [2.24, 2.45) is 15.4 Å². The number of benzene rings is 1. The second kappa shape index (κ2) is 4.87. The van der Waals surface area contributed by atoms with Crippen LogP contribution in [0.5, 0.6) is 0 Å². The molecule has 0 saturated heterocycles. The van der Waals surface area contributed by atoms with Gasteiger partial charge in [-0.1, -0.05) is 36.4 Å². The van der Waals surface area contributed by atoms with Crippen LogP contribution in [0.3, 0.4) is 0 Å². The molecule has 2 aliphatic heterocycles. The van der Waals surface area contributed by atoms with Gasteiger partial charge in [-0.25, -0.2) is 9.98 Å². The summed E-state index contributed by atoms with van der Waals surface area (Å²) in [4.78, 5) is 9.53. The van der Waals surface area contributed by atoms with Gasteiger partial charge in [0, 0.05) is 11.6 Å². The molecule has 0 saturated carbocycles. The normalized spacial score (nSPS) is 27.9. The van der Waals surface area contributed by atoms with Crippen LogP contribution in [0, 0.1) is 5.41 Å². The van der Waals surface area contributed by atoms with Crippen molar-refractivity contribution in [1.29, 1.82) is 0 Å². The molecule has 4 heteroatoms. The minimum Gasteiger partial charge on any atom is -0.350 e. The first kappa shape index (κ1) is 13.1. The number of nitrogens with one attached hydrogen (secondary N) is 2. The Bertz CT molecular complexity index is 586. The van der Waals surface area contributed by atoms with E-state index in [0.29, 0.717) is 6.04 Å². The van der Waals surface area contributed by atoms with Crippen LogP contribution in [0.2, 0.25) is 0 Å². The molecule has 0 spiro atoms. The standard InChI is InChI=1S/C16H20N4/c1-11(2)18-15-16(3)9-10-17-14(16)19-13(20-15)12-7-5-4-6-8-12/h4-11,15,18H,1-3H3,(H,17,19,20). The second-order valence-corrected chi connectivity index (χ2v) is 5.76. The Hall–Kier alpha value is -1.94. The second-order valence-electron chi connectivity index (χ2n) is 5.76. The molecule has 1 aromatic rings. The molecule has 2 heterocycles. The highest BCUT2D eigenvalue weighted by molar-refractivity contribution is 6.11. The summed E-state index contributed by atoms with van der Waals surface area (Å²) < 4.78 is 0. The molecule has 0 aromatic heterocycles. The zero-order valence-electron chi connectivity index (χ0n) is 12.1. The molecule has 0 amide bonds. The number of amidine groups is 2. The van der Waals surface area contributed by atoms with E-state index in [-0.39, 0.29) is 11.6 Å². The van der Waals surface area contributed by atoms with Crippen molar-refractivity contribution in [1.82, 2.24) is 10.6 Å². The first-order chi connectivity index (χ1) is 9.59. The predicted octanol–water partition coefficient (Wildman–Crippen LogP) is 2.29. The van der Waals surface area contributed by atoms with E-state index in [2.05, 4.69) is 37.5 Å². The van der Waals surface area contributed by atoms with E-state index in [1.807, 2.05) is 36.5 Å².